The number of carbonyl (C=O) groups excluding carboxylic acids is 1. The van der Waals surface area contributed by atoms with Crippen molar-refractivity contribution in [1.29, 1.82) is 0 Å². The average Bonchev–Trinajstić information content (AvgIpc) is 3.24. The summed E-state index contributed by atoms with van der Waals surface area (Å²) in [5.41, 5.74) is 1.25. The van der Waals surface area contributed by atoms with Gasteiger partial charge >= 0.3 is 5.97 Å². The first kappa shape index (κ1) is 17.0. The molecule has 1 saturated heterocycles. The number of hydrogen-bond acceptors (Lipinski definition) is 3. The summed E-state index contributed by atoms with van der Waals surface area (Å²) in [5, 5.41) is 0. The van der Waals surface area contributed by atoms with Crippen LogP contribution in [0.5, 0.6) is 5.75 Å². The van der Waals surface area contributed by atoms with Gasteiger partial charge in [0.1, 0.15) is 5.75 Å². The van der Waals surface area contributed by atoms with Crippen LogP contribution in [-0.2, 0) is 16.0 Å². The van der Waals surface area contributed by atoms with Crippen LogP contribution in [0, 0.1) is 0 Å². The molecule has 0 spiro atoms. The van der Waals surface area contributed by atoms with Gasteiger partial charge < -0.3 is 9.47 Å². The molecule has 0 aromatic heterocycles. The molecule has 1 fully saturated rings. The summed E-state index contributed by atoms with van der Waals surface area (Å²) in [6.45, 7) is 3.63. The normalized spacial score (nSPS) is 19.9. The molecular formula is C19H28O3. The predicted molar refractivity (Wildman–Crippen MR) is 88.1 cm³/mol. The van der Waals surface area contributed by atoms with Gasteiger partial charge in [-0.1, -0.05) is 44.7 Å². The van der Waals surface area contributed by atoms with E-state index in [9.17, 15) is 4.79 Å². The summed E-state index contributed by atoms with van der Waals surface area (Å²) >= 11 is 0. The number of ether oxygens (including phenoxy) is 2. The Morgan fingerprint density at radius 1 is 1.14 bits per heavy atom. The summed E-state index contributed by atoms with van der Waals surface area (Å²) in [6, 6.07) is 7.85. The molecule has 0 N–H and O–H groups in total. The lowest BCUT2D eigenvalue weighted by molar-refractivity contribution is -0.131. The maximum atomic E-state index is 10.9. The number of epoxide rings is 1. The fraction of sp³-hybridized carbons (Fsp3) is 0.632. The van der Waals surface area contributed by atoms with Crippen LogP contribution in [0.15, 0.2) is 24.3 Å². The Bertz CT molecular complexity index is 470. The lowest BCUT2D eigenvalue weighted by Crippen LogP contribution is -2.01. The summed E-state index contributed by atoms with van der Waals surface area (Å²) in [5.74, 6) is 0.391. The lowest BCUT2D eigenvalue weighted by atomic mass is 10.0. The van der Waals surface area contributed by atoms with E-state index in [0.717, 1.165) is 12.8 Å². The van der Waals surface area contributed by atoms with Crippen LogP contribution in [0.2, 0.25) is 0 Å². The minimum atomic E-state index is -0.262. The summed E-state index contributed by atoms with van der Waals surface area (Å²) in [4.78, 5) is 10.9. The molecule has 0 radical (unpaired) electrons. The van der Waals surface area contributed by atoms with Crippen LogP contribution in [0.4, 0.5) is 0 Å². The average molecular weight is 304 g/mol. The highest BCUT2D eigenvalue weighted by atomic mass is 16.6. The van der Waals surface area contributed by atoms with Crippen molar-refractivity contribution in [3.8, 4) is 5.75 Å². The highest BCUT2D eigenvalue weighted by Gasteiger charge is 2.35. The molecule has 1 aromatic rings. The fourth-order valence-corrected chi connectivity index (χ4v) is 2.93. The monoisotopic (exact) mass is 304 g/mol. The van der Waals surface area contributed by atoms with Crippen molar-refractivity contribution in [2.75, 3.05) is 0 Å². The number of hydrogen-bond donors (Lipinski definition) is 0. The van der Waals surface area contributed by atoms with Crippen molar-refractivity contribution >= 4 is 5.97 Å². The van der Waals surface area contributed by atoms with E-state index in [4.69, 9.17) is 9.47 Å². The highest BCUT2D eigenvalue weighted by molar-refractivity contribution is 5.69. The maximum Gasteiger partial charge on any atom is 0.308 e. The van der Waals surface area contributed by atoms with Gasteiger partial charge in [0.2, 0.25) is 0 Å². The number of esters is 1. The summed E-state index contributed by atoms with van der Waals surface area (Å²) < 4.78 is 10.7. The fourth-order valence-electron chi connectivity index (χ4n) is 2.93. The summed E-state index contributed by atoms with van der Waals surface area (Å²) in [6.07, 6.45) is 10.9. The zero-order chi connectivity index (χ0) is 15.8. The third-order valence-corrected chi connectivity index (χ3v) is 4.20. The second-order valence-electron chi connectivity index (χ2n) is 6.17. The van der Waals surface area contributed by atoms with Crippen molar-refractivity contribution in [2.45, 2.75) is 77.4 Å². The predicted octanol–water partition coefficient (Wildman–Crippen LogP) is 4.67. The topological polar surface area (TPSA) is 38.8 Å². The Hall–Kier alpha value is -1.35. The first-order chi connectivity index (χ1) is 10.7. The first-order valence-corrected chi connectivity index (χ1v) is 8.62. The van der Waals surface area contributed by atoms with Gasteiger partial charge in [-0.05, 0) is 43.4 Å². The van der Waals surface area contributed by atoms with Gasteiger partial charge in [-0.3, -0.25) is 4.79 Å². The molecule has 0 saturated carbocycles. The molecule has 122 valence electrons. The Labute approximate surface area is 134 Å². The van der Waals surface area contributed by atoms with Gasteiger partial charge in [-0.2, -0.15) is 0 Å². The van der Waals surface area contributed by atoms with Crippen LogP contribution in [0.1, 0.15) is 64.4 Å². The Balaban J connectivity index is 1.52. The molecule has 2 unspecified atom stereocenters. The highest BCUT2D eigenvalue weighted by Crippen LogP contribution is 2.29. The molecule has 3 heteroatoms. The van der Waals surface area contributed by atoms with Gasteiger partial charge in [0.05, 0.1) is 12.2 Å². The minimum absolute atomic E-state index is 0.262. The summed E-state index contributed by atoms with van der Waals surface area (Å²) in [7, 11) is 0. The number of rotatable bonds is 10. The first-order valence-electron chi connectivity index (χ1n) is 8.62. The van der Waals surface area contributed by atoms with Crippen molar-refractivity contribution in [1.82, 2.24) is 0 Å². The molecule has 1 aromatic carbocycles. The smallest absolute Gasteiger partial charge is 0.308 e. The van der Waals surface area contributed by atoms with E-state index in [1.165, 1.54) is 51.0 Å². The van der Waals surface area contributed by atoms with E-state index in [1.807, 2.05) is 18.2 Å². The van der Waals surface area contributed by atoms with Crippen molar-refractivity contribution < 1.29 is 14.3 Å². The van der Waals surface area contributed by atoms with E-state index in [1.54, 1.807) is 0 Å². The largest absolute Gasteiger partial charge is 0.427 e. The molecule has 0 bridgehead atoms. The van der Waals surface area contributed by atoms with Crippen molar-refractivity contribution in [3.63, 3.8) is 0 Å². The number of carbonyl (C=O) groups is 1. The maximum absolute atomic E-state index is 10.9. The Kier molecular flexibility index (Phi) is 6.91. The third-order valence-electron chi connectivity index (χ3n) is 4.20. The zero-order valence-electron chi connectivity index (χ0n) is 13.8. The Morgan fingerprint density at radius 3 is 2.64 bits per heavy atom. The molecule has 1 aliphatic heterocycles. The second kappa shape index (κ2) is 8.94. The molecule has 1 aliphatic rings. The van der Waals surface area contributed by atoms with Crippen molar-refractivity contribution in [2.24, 2.45) is 0 Å². The van der Waals surface area contributed by atoms with Crippen LogP contribution in [0.3, 0.4) is 0 Å². The van der Waals surface area contributed by atoms with Crippen LogP contribution < -0.4 is 4.74 Å². The molecular weight excluding hydrogens is 276 g/mol. The van der Waals surface area contributed by atoms with Crippen LogP contribution in [-0.4, -0.2) is 18.2 Å². The second-order valence-corrected chi connectivity index (χ2v) is 6.17. The van der Waals surface area contributed by atoms with Gasteiger partial charge in [0.25, 0.3) is 0 Å². The van der Waals surface area contributed by atoms with E-state index in [2.05, 4.69) is 13.0 Å². The molecule has 2 rings (SSSR count). The number of benzene rings is 1. The number of aryl methyl sites for hydroxylation is 1. The number of unbranched alkanes of at least 4 members (excludes halogenated alkanes) is 4. The zero-order valence-corrected chi connectivity index (χ0v) is 13.8. The Morgan fingerprint density at radius 2 is 1.91 bits per heavy atom. The molecule has 0 aliphatic carbocycles. The van der Waals surface area contributed by atoms with E-state index >= 15 is 0 Å². The van der Waals surface area contributed by atoms with E-state index < -0.39 is 0 Å². The van der Waals surface area contributed by atoms with Gasteiger partial charge in [-0.15, -0.1) is 0 Å². The van der Waals surface area contributed by atoms with Gasteiger partial charge in [0, 0.05) is 6.92 Å². The molecule has 2 atom stereocenters. The lowest BCUT2D eigenvalue weighted by Gasteiger charge is -2.05. The molecule has 22 heavy (non-hydrogen) atoms. The molecule has 0 amide bonds. The van der Waals surface area contributed by atoms with E-state index in [-0.39, 0.29) is 5.97 Å². The quantitative estimate of drug-likeness (QED) is 0.273. The minimum Gasteiger partial charge on any atom is -0.427 e. The van der Waals surface area contributed by atoms with E-state index in [0.29, 0.717) is 18.0 Å². The SMILES string of the molecule is CCC1OC1CCCCCCCc1cccc(OC(C)=O)c1. The molecule has 1 heterocycles. The van der Waals surface area contributed by atoms with Gasteiger partial charge in [-0.25, -0.2) is 0 Å². The van der Waals surface area contributed by atoms with Gasteiger partial charge in [0.15, 0.2) is 0 Å². The third kappa shape index (κ3) is 6.18. The van der Waals surface area contributed by atoms with Crippen LogP contribution in [0.25, 0.3) is 0 Å². The van der Waals surface area contributed by atoms with Crippen LogP contribution >= 0.6 is 0 Å². The van der Waals surface area contributed by atoms with Crippen molar-refractivity contribution in [3.05, 3.63) is 29.8 Å². The molecule has 3 nitrogen and oxygen atoms in total. The standard InChI is InChI=1S/C19H28O3/c1-3-18-19(22-18)13-8-6-4-5-7-10-16-11-9-12-17(14-16)21-15(2)20/h9,11-12,14,18-19H,3-8,10,13H2,1-2H3.